The lowest BCUT2D eigenvalue weighted by Crippen LogP contribution is -2.28. The number of anilines is 1. The molecule has 3 aromatic rings. The maximum Gasteiger partial charge on any atom is 0.417 e. The number of halogens is 3. The smallest absolute Gasteiger partial charge is 0.417 e. The Kier molecular flexibility index (Phi) is 6.54. The van der Waals surface area contributed by atoms with Gasteiger partial charge in [-0.15, -0.1) is 0 Å². The molecule has 1 aliphatic rings. The number of carbonyl (C=O) groups excluding carboxylic acids is 3. The van der Waals surface area contributed by atoms with Crippen LogP contribution in [0.2, 0.25) is 0 Å². The van der Waals surface area contributed by atoms with Crippen LogP contribution in [0.1, 0.15) is 44.8 Å². The van der Waals surface area contributed by atoms with Gasteiger partial charge in [0.25, 0.3) is 11.8 Å². The van der Waals surface area contributed by atoms with Crippen molar-refractivity contribution in [2.75, 3.05) is 11.9 Å². The number of hydrogen-bond donors (Lipinski definition) is 2. The molecule has 9 nitrogen and oxygen atoms in total. The second kappa shape index (κ2) is 9.57. The van der Waals surface area contributed by atoms with Crippen molar-refractivity contribution in [3.63, 3.8) is 0 Å². The Morgan fingerprint density at radius 1 is 1.09 bits per heavy atom. The van der Waals surface area contributed by atoms with Gasteiger partial charge in [-0.25, -0.2) is 14.5 Å². The van der Waals surface area contributed by atoms with Crippen LogP contribution < -0.4 is 10.6 Å². The molecule has 182 valence electrons. The van der Waals surface area contributed by atoms with Crippen LogP contribution in [0.4, 0.5) is 18.9 Å². The van der Waals surface area contributed by atoms with E-state index in [0.717, 1.165) is 25.0 Å². The van der Waals surface area contributed by atoms with Crippen molar-refractivity contribution in [1.82, 2.24) is 20.1 Å². The van der Waals surface area contributed by atoms with Gasteiger partial charge < -0.3 is 15.4 Å². The number of rotatable bonds is 7. The SMILES string of the molecule is Cc1c(C(=O)OCC(=O)Nc2ccccc2C(=O)NC2CC2)cnn1-c1ccc(C(F)(F)F)cn1. The summed E-state index contributed by atoms with van der Waals surface area (Å²) >= 11 is 0. The molecule has 2 heterocycles. The minimum atomic E-state index is -4.53. The normalized spacial score (nSPS) is 13.3. The van der Waals surface area contributed by atoms with Crippen LogP contribution >= 0.6 is 0 Å². The number of hydrogen-bond acceptors (Lipinski definition) is 6. The zero-order valence-electron chi connectivity index (χ0n) is 18.4. The Bertz CT molecular complexity index is 1270. The average Bonchev–Trinajstić information content (AvgIpc) is 3.55. The second-order valence-electron chi connectivity index (χ2n) is 7.88. The highest BCUT2D eigenvalue weighted by molar-refractivity contribution is 6.04. The number of ether oxygens (including phenoxy) is 1. The van der Waals surface area contributed by atoms with Gasteiger partial charge in [-0.3, -0.25) is 9.59 Å². The number of pyridine rings is 1. The lowest BCUT2D eigenvalue weighted by Gasteiger charge is -2.11. The van der Waals surface area contributed by atoms with E-state index in [-0.39, 0.29) is 34.7 Å². The molecule has 35 heavy (non-hydrogen) atoms. The molecule has 4 rings (SSSR count). The molecular formula is C23H20F3N5O4. The maximum absolute atomic E-state index is 12.7. The van der Waals surface area contributed by atoms with Gasteiger partial charge in [0.2, 0.25) is 0 Å². The Morgan fingerprint density at radius 2 is 1.83 bits per heavy atom. The molecule has 2 N–H and O–H groups in total. The Morgan fingerprint density at radius 3 is 2.49 bits per heavy atom. The number of nitrogens with zero attached hydrogens (tertiary/aromatic N) is 3. The molecule has 1 fully saturated rings. The summed E-state index contributed by atoms with van der Waals surface area (Å²) < 4.78 is 44.5. The Labute approximate surface area is 197 Å². The number of para-hydroxylation sites is 1. The summed E-state index contributed by atoms with van der Waals surface area (Å²) in [5.74, 6) is -1.73. The van der Waals surface area contributed by atoms with Gasteiger partial charge in [-0.2, -0.15) is 18.3 Å². The van der Waals surface area contributed by atoms with E-state index in [1.54, 1.807) is 24.3 Å². The van der Waals surface area contributed by atoms with Crippen LogP contribution in [0, 0.1) is 6.92 Å². The highest BCUT2D eigenvalue weighted by Gasteiger charge is 2.31. The molecule has 1 saturated carbocycles. The number of benzene rings is 1. The first-order chi connectivity index (χ1) is 16.6. The fourth-order valence-corrected chi connectivity index (χ4v) is 3.20. The topological polar surface area (TPSA) is 115 Å². The minimum Gasteiger partial charge on any atom is -0.452 e. The minimum absolute atomic E-state index is 0.0173. The van der Waals surface area contributed by atoms with Crippen molar-refractivity contribution < 1.29 is 32.3 Å². The summed E-state index contributed by atoms with van der Waals surface area (Å²) in [6.07, 6.45) is -0.849. The predicted octanol–water partition coefficient (Wildman–Crippen LogP) is 3.28. The molecule has 12 heteroatoms. The van der Waals surface area contributed by atoms with E-state index in [9.17, 15) is 27.6 Å². The number of esters is 1. The molecule has 1 aliphatic carbocycles. The fraction of sp³-hybridized carbons (Fsp3) is 0.261. The third kappa shape index (κ3) is 5.65. The predicted molar refractivity (Wildman–Crippen MR) is 117 cm³/mol. The van der Waals surface area contributed by atoms with Crippen molar-refractivity contribution in [3.05, 3.63) is 71.2 Å². The van der Waals surface area contributed by atoms with E-state index >= 15 is 0 Å². The lowest BCUT2D eigenvalue weighted by atomic mass is 10.1. The molecule has 0 saturated heterocycles. The summed E-state index contributed by atoms with van der Waals surface area (Å²) in [5, 5.41) is 9.38. The van der Waals surface area contributed by atoms with Gasteiger partial charge >= 0.3 is 12.1 Å². The summed E-state index contributed by atoms with van der Waals surface area (Å²) in [6.45, 7) is 0.887. The number of nitrogens with one attached hydrogen (secondary N) is 2. The average molecular weight is 487 g/mol. The van der Waals surface area contributed by atoms with E-state index in [2.05, 4.69) is 20.7 Å². The second-order valence-corrected chi connectivity index (χ2v) is 7.88. The van der Waals surface area contributed by atoms with Crippen molar-refractivity contribution in [2.45, 2.75) is 32.0 Å². The molecule has 0 radical (unpaired) electrons. The van der Waals surface area contributed by atoms with E-state index in [4.69, 9.17) is 4.74 Å². The highest BCUT2D eigenvalue weighted by Crippen LogP contribution is 2.29. The number of aromatic nitrogens is 3. The first-order valence-corrected chi connectivity index (χ1v) is 10.6. The Hall–Kier alpha value is -4.22. The van der Waals surface area contributed by atoms with Crippen molar-refractivity contribution in [3.8, 4) is 5.82 Å². The molecule has 2 aromatic heterocycles. The molecule has 0 unspecified atom stereocenters. The zero-order valence-corrected chi connectivity index (χ0v) is 18.4. The Balaban J connectivity index is 1.38. The van der Waals surface area contributed by atoms with Gasteiger partial charge in [0.05, 0.1) is 28.7 Å². The molecule has 0 spiro atoms. The summed E-state index contributed by atoms with van der Waals surface area (Å²) in [6, 6.07) is 8.59. The van der Waals surface area contributed by atoms with E-state index < -0.39 is 30.2 Å². The van der Waals surface area contributed by atoms with Gasteiger partial charge in [-0.1, -0.05) is 12.1 Å². The van der Waals surface area contributed by atoms with Crippen molar-refractivity contribution in [1.29, 1.82) is 0 Å². The van der Waals surface area contributed by atoms with Crippen LogP contribution in [-0.4, -0.2) is 45.2 Å². The van der Waals surface area contributed by atoms with Gasteiger partial charge in [0.1, 0.15) is 5.56 Å². The number of alkyl halides is 3. The molecular weight excluding hydrogens is 467 g/mol. The first kappa shape index (κ1) is 23.9. The van der Waals surface area contributed by atoms with Crippen LogP contribution in [0.3, 0.4) is 0 Å². The van der Waals surface area contributed by atoms with Crippen molar-refractivity contribution >= 4 is 23.5 Å². The lowest BCUT2D eigenvalue weighted by molar-refractivity contribution is -0.137. The summed E-state index contributed by atoms with van der Waals surface area (Å²) in [4.78, 5) is 40.9. The summed E-state index contributed by atoms with van der Waals surface area (Å²) in [5.41, 5.74) is -0.0546. The van der Waals surface area contributed by atoms with Crippen LogP contribution in [-0.2, 0) is 15.7 Å². The molecule has 0 atom stereocenters. The fourth-order valence-electron chi connectivity index (χ4n) is 3.20. The monoisotopic (exact) mass is 487 g/mol. The quantitative estimate of drug-likeness (QED) is 0.495. The molecule has 1 aromatic carbocycles. The van der Waals surface area contributed by atoms with Gasteiger partial charge in [0.15, 0.2) is 12.4 Å². The largest absolute Gasteiger partial charge is 0.452 e. The third-order valence-electron chi connectivity index (χ3n) is 5.21. The van der Waals surface area contributed by atoms with Gasteiger partial charge in [-0.05, 0) is 44.0 Å². The van der Waals surface area contributed by atoms with E-state index in [1.165, 1.54) is 17.8 Å². The standard InChI is InChI=1S/C23H20F3N5O4/c1-13-17(11-28-31(13)19-9-6-14(10-27-19)23(24,25)26)22(34)35-12-20(32)30-18-5-3-2-4-16(18)21(33)29-15-7-8-15/h2-6,9-11,15H,7-8,12H2,1H3,(H,29,33)(H,30,32). The molecule has 2 amide bonds. The zero-order chi connectivity index (χ0) is 25.2. The summed E-state index contributed by atoms with van der Waals surface area (Å²) in [7, 11) is 0. The molecule has 0 aliphatic heterocycles. The first-order valence-electron chi connectivity index (χ1n) is 10.6. The van der Waals surface area contributed by atoms with Crippen LogP contribution in [0.15, 0.2) is 48.8 Å². The number of amides is 2. The van der Waals surface area contributed by atoms with E-state index in [1.807, 2.05) is 0 Å². The van der Waals surface area contributed by atoms with Crippen molar-refractivity contribution in [2.24, 2.45) is 0 Å². The maximum atomic E-state index is 12.7. The third-order valence-corrected chi connectivity index (χ3v) is 5.21. The van der Waals surface area contributed by atoms with Crippen LogP contribution in [0.25, 0.3) is 5.82 Å². The van der Waals surface area contributed by atoms with E-state index in [0.29, 0.717) is 11.8 Å². The van der Waals surface area contributed by atoms with Gasteiger partial charge in [0, 0.05) is 12.2 Å². The van der Waals surface area contributed by atoms with Crippen LogP contribution in [0.5, 0.6) is 0 Å². The highest BCUT2D eigenvalue weighted by atomic mass is 19.4. The number of carbonyl (C=O) groups is 3. The molecule has 0 bridgehead atoms.